The molecule has 3 rings (SSSR count). The Bertz CT molecular complexity index is 747. The molecule has 0 radical (unpaired) electrons. The smallest absolute Gasteiger partial charge is 0.124 e. The fourth-order valence-corrected chi connectivity index (χ4v) is 4.57. The lowest BCUT2D eigenvalue weighted by atomic mass is 9.72. The molecule has 27 heavy (non-hydrogen) atoms. The van der Waals surface area contributed by atoms with Crippen LogP contribution in [0.5, 0.6) is 11.5 Å². The Morgan fingerprint density at radius 2 is 1.22 bits per heavy atom. The summed E-state index contributed by atoms with van der Waals surface area (Å²) >= 11 is 0. The first-order valence-electron chi connectivity index (χ1n) is 9.82. The van der Waals surface area contributed by atoms with Crippen molar-refractivity contribution in [1.29, 1.82) is 0 Å². The molecule has 0 spiro atoms. The number of aliphatic hydroxyl groups excluding tert-OH is 2. The van der Waals surface area contributed by atoms with Gasteiger partial charge in [-0.05, 0) is 67.0 Å². The maximum absolute atomic E-state index is 10.2. The van der Waals surface area contributed by atoms with E-state index in [1.54, 1.807) is 0 Å². The Kier molecular flexibility index (Phi) is 6.08. The molecule has 0 aromatic heterocycles. The fraction of sp³-hybridized carbons (Fsp3) is 0.478. The van der Waals surface area contributed by atoms with E-state index < -0.39 is 0 Å². The molecular weight excluding hydrogens is 340 g/mol. The van der Waals surface area contributed by atoms with Crippen LogP contribution in [-0.4, -0.2) is 20.4 Å². The van der Waals surface area contributed by atoms with Gasteiger partial charge >= 0.3 is 0 Å². The van der Waals surface area contributed by atoms with Crippen molar-refractivity contribution < 1.29 is 20.4 Å². The van der Waals surface area contributed by atoms with E-state index in [0.717, 1.165) is 35.1 Å². The summed E-state index contributed by atoms with van der Waals surface area (Å²) < 4.78 is 0. The van der Waals surface area contributed by atoms with Crippen molar-refractivity contribution >= 4 is 0 Å². The van der Waals surface area contributed by atoms with Crippen LogP contribution in [0.3, 0.4) is 0 Å². The van der Waals surface area contributed by atoms with Crippen molar-refractivity contribution in [2.45, 2.75) is 65.1 Å². The highest BCUT2D eigenvalue weighted by atomic mass is 16.3. The standard InChI is InChI=1S/C23H30O4/c1-14-8-17(10-19(12-24)22(14)26)21(16-6-4-3-5-7-16)18-9-15(2)23(27)20(11-18)13-25/h8-11,16,21,24-27H,3-7,12-13H2,1-2H3. The highest BCUT2D eigenvalue weighted by molar-refractivity contribution is 5.50. The lowest BCUT2D eigenvalue weighted by molar-refractivity contribution is 0.274. The van der Waals surface area contributed by atoms with Gasteiger partial charge in [-0.3, -0.25) is 0 Å². The molecule has 2 aromatic carbocycles. The number of aryl methyl sites for hydroxylation is 2. The van der Waals surface area contributed by atoms with Gasteiger partial charge in [0.15, 0.2) is 0 Å². The number of hydrogen-bond acceptors (Lipinski definition) is 4. The summed E-state index contributed by atoms with van der Waals surface area (Å²) in [6, 6.07) is 7.83. The zero-order valence-electron chi connectivity index (χ0n) is 16.2. The molecule has 0 atom stereocenters. The van der Waals surface area contributed by atoms with Gasteiger partial charge in [-0.2, -0.15) is 0 Å². The van der Waals surface area contributed by atoms with Gasteiger partial charge in [0.05, 0.1) is 13.2 Å². The second kappa shape index (κ2) is 8.32. The topological polar surface area (TPSA) is 80.9 Å². The van der Waals surface area contributed by atoms with Crippen LogP contribution in [0.1, 0.15) is 71.4 Å². The maximum atomic E-state index is 10.2. The van der Waals surface area contributed by atoms with Crippen molar-refractivity contribution in [2.75, 3.05) is 0 Å². The molecule has 4 heteroatoms. The van der Waals surface area contributed by atoms with Crippen molar-refractivity contribution in [3.05, 3.63) is 57.6 Å². The third-order valence-electron chi connectivity index (χ3n) is 5.98. The second-order valence-electron chi connectivity index (χ2n) is 7.88. The van der Waals surface area contributed by atoms with Crippen molar-refractivity contribution in [3.63, 3.8) is 0 Å². The quantitative estimate of drug-likeness (QED) is 0.628. The molecule has 1 fully saturated rings. The van der Waals surface area contributed by atoms with Crippen LogP contribution in [0.25, 0.3) is 0 Å². The molecule has 0 saturated heterocycles. The molecule has 0 amide bonds. The van der Waals surface area contributed by atoms with Crippen LogP contribution in [-0.2, 0) is 13.2 Å². The zero-order chi connectivity index (χ0) is 19.6. The third-order valence-corrected chi connectivity index (χ3v) is 5.98. The second-order valence-corrected chi connectivity index (χ2v) is 7.88. The molecule has 4 nitrogen and oxygen atoms in total. The molecule has 0 heterocycles. The van der Waals surface area contributed by atoms with Gasteiger partial charge < -0.3 is 20.4 Å². The highest BCUT2D eigenvalue weighted by Crippen LogP contribution is 2.43. The molecule has 2 aromatic rings. The maximum Gasteiger partial charge on any atom is 0.124 e. The summed E-state index contributed by atoms with van der Waals surface area (Å²) in [7, 11) is 0. The minimum absolute atomic E-state index is 0.111. The van der Waals surface area contributed by atoms with Gasteiger partial charge in [-0.1, -0.05) is 31.4 Å². The highest BCUT2D eigenvalue weighted by Gasteiger charge is 2.28. The normalized spacial score (nSPS) is 15.4. The van der Waals surface area contributed by atoms with Crippen LogP contribution in [0.4, 0.5) is 0 Å². The zero-order valence-corrected chi connectivity index (χ0v) is 16.2. The molecule has 0 unspecified atom stereocenters. The molecular formula is C23H30O4. The van der Waals surface area contributed by atoms with Gasteiger partial charge in [-0.25, -0.2) is 0 Å². The van der Waals surface area contributed by atoms with Crippen LogP contribution < -0.4 is 0 Å². The van der Waals surface area contributed by atoms with Crippen molar-refractivity contribution in [2.24, 2.45) is 5.92 Å². The number of hydrogen-bond donors (Lipinski definition) is 4. The molecule has 0 aliphatic heterocycles. The first-order chi connectivity index (χ1) is 13.0. The molecule has 4 N–H and O–H groups in total. The van der Waals surface area contributed by atoms with E-state index in [0.29, 0.717) is 17.0 Å². The summed E-state index contributed by atoms with van der Waals surface area (Å²) in [5.74, 6) is 0.882. The van der Waals surface area contributed by atoms with Gasteiger partial charge in [0.1, 0.15) is 11.5 Å². The first-order valence-corrected chi connectivity index (χ1v) is 9.82. The lowest BCUT2D eigenvalue weighted by Gasteiger charge is -2.32. The number of aromatic hydroxyl groups is 2. The van der Waals surface area contributed by atoms with E-state index in [1.807, 2.05) is 38.1 Å². The van der Waals surface area contributed by atoms with Crippen LogP contribution in [0.2, 0.25) is 0 Å². The van der Waals surface area contributed by atoms with E-state index >= 15 is 0 Å². The van der Waals surface area contributed by atoms with Gasteiger partial charge in [0.25, 0.3) is 0 Å². The lowest BCUT2D eigenvalue weighted by Crippen LogP contribution is -2.18. The van der Waals surface area contributed by atoms with Gasteiger partial charge in [0.2, 0.25) is 0 Å². The SMILES string of the molecule is Cc1cc(C(c2cc(C)c(O)c(CO)c2)C2CCCCC2)cc(CO)c1O. The number of rotatable bonds is 5. The first kappa shape index (κ1) is 19.7. The summed E-state index contributed by atoms with van der Waals surface area (Å²) in [6.45, 7) is 3.32. The van der Waals surface area contributed by atoms with Crippen molar-refractivity contribution in [3.8, 4) is 11.5 Å². The van der Waals surface area contributed by atoms with Gasteiger partial charge in [-0.15, -0.1) is 0 Å². The molecule has 1 aliphatic rings. The largest absolute Gasteiger partial charge is 0.507 e. The van der Waals surface area contributed by atoms with E-state index in [9.17, 15) is 20.4 Å². The number of aliphatic hydroxyl groups is 2. The third kappa shape index (κ3) is 3.97. The predicted octanol–water partition coefficient (Wildman–Crippen LogP) is 4.41. The Labute approximate surface area is 161 Å². The average Bonchev–Trinajstić information content (AvgIpc) is 2.68. The Hall–Kier alpha value is -2.04. The molecule has 1 aliphatic carbocycles. The Balaban J connectivity index is 2.15. The minimum Gasteiger partial charge on any atom is -0.507 e. The fourth-order valence-electron chi connectivity index (χ4n) is 4.57. The molecule has 1 saturated carbocycles. The van der Waals surface area contributed by atoms with Crippen LogP contribution in [0, 0.1) is 19.8 Å². The molecule has 146 valence electrons. The summed E-state index contributed by atoms with van der Waals surface area (Å²) in [5.41, 5.74) is 4.77. The van der Waals surface area contributed by atoms with E-state index in [1.165, 1.54) is 19.3 Å². The Morgan fingerprint density at radius 3 is 1.63 bits per heavy atom. The number of phenols is 2. The Morgan fingerprint density at radius 1 is 0.778 bits per heavy atom. The minimum atomic E-state index is -0.200. The summed E-state index contributed by atoms with van der Waals surface area (Å²) in [6.07, 6.45) is 5.93. The van der Waals surface area contributed by atoms with E-state index in [4.69, 9.17) is 0 Å². The molecule has 0 bridgehead atoms. The summed E-state index contributed by atoms with van der Waals surface area (Å²) in [4.78, 5) is 0. The van der Waals surface area contributed by atoms with Gasteiger partial charge in [0, 0.05) is 17.0 Å². The predicted molar refractivity (Wildman–Crippen MR) is 106 cm³/mol. The monoisotopic (exact) mass is 370 g/mol. The van der Waals surface area contributed by atoms with Crippen molar-refractivity contribution in [1.82, 2.24) is 0 Å². The average molecular weight is 370 g/mol. The van der Waals surface area contributed by atoms with Crippen LogP contribution >= 0.6 is 0 Å². The number of benzene rings is 2. The van der Waals surface area contributed by atoms with E-state index in [2.05, 4.69) is 0 Å². The summed E-state index contributed by atoms with van der Waals surface area (Å²) in [5, 5.41) is 39.8. The van der Waals surface area contributed by atoms with E-state index in [-0.39, 0.29) is 30.6 Å². The van der Waals surface area contributed by atoms with Crippen LogP contribution in [0.15, 0.2) is 24.3 Å².